The number of ether oxygens (including phenoxy) is 1. The van der Waals surface area contributed by atoms with E-state index in [9.17, 15) is 8.42 Å². The number of aromatic nitrogens is 1. The van der Waals surface area contributed by atoms with E-state index in [2.05, 4.69) is 0 Å². The Morgan fingerprint density at radius 2 is 1.61 bits per heavy atom. The monoisotopic (exact) mass is 442 g/mol. The average Bonchev–Trinajstić information content (AvgIpc) is 3.01. The van der Waals surface area contributed by atoms with Gasteiger partial charge in [0.15, 0.2) is 0 Å². The number of aryl methyl sites for hydroxylation is 2. The minimum atomic E-state index is -3.93. The van der Waals surface area contributed by atoms with Crippen molar-refractivity contribution in [2.75, 3.05) is 7.11 Å². The second-order valence-electron chi connectivity index (χ2n) is 8.69. The predicted molar refractivity (Wildman–Crippen MR) is 124 cm³/mol. The molecule has 1 radical (unpaired) electrons. The van der Waals surface area contributed by atoms with E-state index < -0.39 is 21.3 Å². The van der Waals surface area contributed by atoms with Gasteiger partial charge in [0, 0.05) is 25.9 Å². The summed E-state index contributed by atoms with van der Waals surface area (Å²) in [5.41, 5.74) is 1.62. The molecule has 31 heavy (non-hydrogen) atoms. The third-order valence-electron chi connectivity index (χ3n) is 5.95. The summed E-state index contributed by atoms with van der Waals surface area (Å²) >= 11 is 0. The van der Waals surface area contributed by atoms with Crippen molar-refractivity contribution in [2.24, 2.45) is 7.05 Å². The number of hydrogen-bond acceptors (Lipinski definition) is 5. The van der Waals surface area contributed by atoms with Crippen LogP contribution in [0.5, 0.6) is 5.75 Å². The molecule has 0 N–H and O–H groups in total. The van der Waals surface area contributed by atoms with Crippen molar-refractivity contribution < 1.29 is 22.0 Å². The summed E-state index contributed by atoms with van der Waals surface area (Å²) in [4.78, 5) is 0.116. The molecule has 0 unspecified atom stereocenters. The first-order chi connectivity index (χ1) is 14.4. The molecule has 1 aromatic heterocycles. The van der Waals surface area contributed by atoms with Gasteiger partial charge in [0.05, 0.1) is 11.2 Å². The molecule has 3 rings (SSSR count). The molecule has 6 nitrogen and oxygen atoms in total. The van der Waals surface area contributed by atoms with Crippen molar-refractivity contribution in [3.05, 3.63) is 54.2 Å². The normalized spacial score (nSPS) is 12.9. The van der Waals surface area contributed by atoms with Gasteiger partial charge in [-0.1, -0.05) is 17.7 Å². The first-order valence-electron chi connectivity index (χ1n) is 10.0. The van der Waals surface area contributed by atoms with Crippen molar-refractivity contribution in [2.45, 2.75) is 50.7 Å². The van der Waals surface area contributed by atoms with Crippen LogP contribution in [0.1, 0.15) is 33.3 Å². The Labute approximate surface area is 185 Å². The number of benzene rings is 2. The molecule has 0 aliphatic heterocycles. The Kier molecular flexibility index (Phi) is 6.29. The largest absolute Gasteiger partial charge is 0.427 e. The van der Waals surface area contributed by atoms with Gasteiger partial charge in [-0.25, -0.2) is 0 Å². The molecule has 0 amide bonds. The zero-order valence-electron chi connectivity index (χ0n) is 19.1. The van der Waals surface area contributed by atoms with Gasteiger partial charge in [0.25, 0.3) is 0 Å². The van der Waals surface area contributed by atoms with E-state index in [1.807, 2.05) is 58.5 Å². The van der Waals surface area contributed by atoms with Gasteiger partial charge >= 0.3 is 17.6 Å². The van der Waals surface area contributed by atoms with Gasteiger partial charge in [0.2, 0.25) is 0 Å². The van der Waals surface area contributed by atoms with Crippen molar-refractivity contribution in [1.29, 1.82) is 0 Å². The standard InChI is InChI=1S/C23H29BNO5S/c1-16-8-11-18(12-9-16)31(26,27)29-17-10-13-21-19(14-17)20(15-25(21)6)24-30-23(4,5)22(2,3)28-7/h8-15H,1-7H3. The summed E-state index contributed by atoms with van der Waals surface area (Å²) in [6.45, 7) is 9.75. The minimum Gasteiger partial charge on any atom is -0.427 e. The SMILES string of the molecule is COC(C)(C)C(C)(C)O[B]c1cn(C)c2ccc(OS(=O)(=O)c3ccc(C)cc3)cc12. The topological polar surface area (TPSA) is 66.8 Å². The Morgan fingerprint density at radius 3 is 2.23 bits per heavy atom. The maximum Gasteiger partial charge on any atom is 0.339 e. The number of methoxy groups -OCH3 is 1. The lowest BCUT2D eigenvalue weighted by atomic mass is 9.82. The van der Waals surface area contributed by atoms with Crippen LogP contribution in [-0.4, -0.2) is 38.8 Å². The van der Waals surface area contributed by atoms with Crippen LogP contribution in [-0.2, 0) is 26.6 Å². The third kappa shape index (κ3) is 4.81. The first kappa shape index (κ1) is 23.4. The zero-order valence-corrected chi connectivity index (χ0v) is 19.9. The second kappa shape index (κ2) is 8.33. The molecule has 0 spiro atoms. The van der Waals surface area contributed by atoms with Crippen LogP contribution in [0, 0.1) is 6.92 Å². The van der Waals surface area contributed by atoms with Crippen LogP contribution < -0.4 is 9.65 Å². The quantitative estimate of drug-likeness (QED) is 0.393. The molecular weight excluding hydrogens is 413 g/mol. The van der Waals surface area contributed by atoms with Crippen LogP contribution >= 0.6 is 0 Å². The van der Waals surface area contributed by atoms with Crippen LogP contribution in [0.4, 0.5) is 0 Å². The fourth-order valence-corrected chi connectivity index (χ4v) is 3.95. The summed E-state index contributed by atoms with van der Waals surface area (Å²) in [6.07, 6.45) is 1.93. The molecule has 0 aliphatic carbocycles. The van der Waals surface area contributed by atoms with E-state index >= 15 is 0 Å². The third-order valence-corrected chi connectivity index (χ3v) is 7.21. The summed E-state index contributed by atoms with van der Waals surface area (Å²) in [5, 5.41) is 0.824. The van der Waals surface area contributed by atoms with Gasteiger partial charge in [-0.3, -0.25) is 0 Å². The van der Waals surface area contributed by atoms with Gasteiger partial charge < -0.3 is 18.1 Å². The van der Waals surface area contributed by atoms with Crippen molar-refractivity contribution in [3.63, 3.8) is 0 Å². The average molecular weight is 442 g/mol. The lowest BCUT2D eigenvalue weighted by molar-refractivity contribution is -0.114. The van der Waals surface area contributed by atoms with Crippen LogP contribution in [0.15, 0.2) is 53.6 Å². The molecule has 0 atom stereocenters. The Hall–Kier alpha value is -2.29. The van der Waals surface area contributed by atoms with Gasteiger partial charge in [-0.2, -0.15) is 8.42 Å². The van der Waals surface area contributed by atoms with Crippen molar-refractivity contribution in [3.8, 4) is 5.75 Å². The van der Waals surface area contributed by atoms with E-state index in [4.69, 9.17) is 13.6 Å². The molecule has 3 aromatic rings. The molecule has 2 aromatic carbocycles. The summed E-state index contributed by atoms with van der Waals surface area (Å²) in [5.74, 6) is 0.241. The summed E-state index contributed by atoms with van der Waals surface area (Å²) in [7, 11) is 1.33. The molecule has 0 bridgehead atoms. The summed E-state index contributed by atoms with van der Waals surface area (Å²) in [6, 6.07) is 11.8. The second-order valence-corrected chi connectivity index (χ2v) is 10.2. The van der Waals surface area contributed by atoms with E-state index in [1.54, 1.807) is 51.0 Å². The molecule has 0 aliphatic rings. The maximum absolute atomic E-state index is 12.7. The van der Waals surface area contributed by atoms with Crippen LogP contribution in [0.3, 0.4) is 0 Å². The van der Waals surface area contributed by atoms with Crippen LogP contribution in [0.2, 0.25) is 0 Å². The highest BCUT2D eigenvalue weighted by atomic mass is 32.2. The maximum atomic E-state index is 12.7. The first-order valence-corrected chi connectivity index (χ1v) is 11.4. The van der Waals surface area contributed by atoms with Gasteiger partial charge in [-0.05, 0) is 75.8 Å². The predicted octanol–water partition coefficient (Wildman–Crippen LogP) is 3.72. The molecule has 8 heteroatoms. The number of nitrogens with zero attached hydrogens (tertiary/aromatic N) is 1. The van der Waals surface area contributed by atoms with Gasteiger partial charge in [0.1, 0.15) is 10.6 Å². The lowest BCUT2D eigenvalue weighted by Crippen LogP contribution is -2.50. The summed E-state index contributed by atoms with van der Waals surface area (Å²) < 4.78 is 44.4. The Morgan fingerprint density at radius 1 is 0.968 bits per heavy atom. The fourth-order valence-electron chi connectivity index (χ4n) is 3.03. The van der Waals surface area contributed by atoms with Gasteiger partial charge in [-0.15, -0.1) is 0 Å². The Bertz CT molecular complexity index is 1180. The molecule has 0 saturated carbocycles. The van der Waals surface area contributed by atoms with E-state index in [0.29, 0.717) is 0 Å². The molecule has 0 saturated heterocycles. The zero-order chi connectivity index (χ0) is 23.0. The number of hydrogen-bond donors (Lipinski definition) is 0. The van der Waals surface area contributed by atoms with Crippen LogP contribution in [0.25, 0.3) is 10.9 Å². The molecular formula is C23H29BNO5S. The fraction of sp³-hybridized carbons (Fsp3) is 0.391. The smallest absolute Gasteiger partial charge is 0.339 e. The van der Waals surface area contributed by atoms with E-state index in [0.717, 1.165) is 21.9 Å². The molecule has 0 fully saturated rings. The molecule has 1 heterocycles. The highest BCUT2D eigenvalue weighted by Crippen LogP contribution is 2.29. The lowest BCUT2D eigenvalue weighted by Gasteiger charge is -2.40. The number of rotatable bonds is 8. The highest BCUT2D eigenvalue weighted by molar-refractivity contribution is 7.87. The van der Waals surface area contributed by atoms with Crippen molar-refractivity contribution >= 4 is 34.0 Å². The highest BCUT2D eigenvalue weighted by Gasteiger charge is 2.38. The number of fused-ring (bicyclic) bond motifs is 1. The van der Waals surface area contributed by atoms with E-state index in [-0.39, 0.29) is 10.6 Å². The van der Waals surface area contributed by atoms with E-state index in [1.165, 1.54) is 0 Å². The minimum absolute atomic E-state index is 0.116. The molecule has 165 valence electrons. The Balaban J connectivity index is 1.89. The van der Waals surface area contributed by atoms with Crippen molar-refractivity contribution in [1.82, 2.24) is 4.57 Å².